The van der Waals surface area contributed by atoms with E-state index >= 15 is 0 Å². The smallest absolute Gasteiger partial charge is 0.320 e. The van der Waals surface area contributed by atoms with Gasteiger partial charge in [-0.25, -0.2) is 4.68 Å². The molecule has 2 aromatic rings. The first kappa shape index (κ1) is 15.3. The molecule has 0 amide bonds. The molecule has 116 valence electrons. The number of halogens is 2. The van der Waals surface area contributed by atoms with Gasteiger partial charge in [0, 0.05) is 6.54 Å². The van der Waals surface area contributed by atoms with E-state index in [0.29, 0.717) is 23.0 Å². The molecule has 1 fully saturated rings. The molecular formula is C14H14Cl2N4O2. The Labute approximate surface area is 137 Å². The predicted molar refractivity (Wildman–Crippen MR) is 82.4 cm³/mol. The summed E-state index contributed by atoms with van der Waals surface area (Å²) >= 11 is 11.9. The quantitative estimate of drug-likeness (QED) is 0.926. The van der Waals surface area contributed by atoms with E-state index in [1.54, 1.807) is 29.1 Å². The summed E-state index contributed by atoms with van der Waals surface area (Å²) in [5, 5.41) is 18.3. The molecule has 0 radical (unpaired) electrons. The summed E-state index contributed by atoms with van der Waals surface area (Å²) in [6, 6.07) is 4.76. The van der Waals surface area contributed by atoms with Crippen molar-refractivity contribution in [2.45, 2.75) is 25.4 Å². The van der Waals surface area contributed by atoms with E-state index in [2.05, 4.69) is 10.3 Å². The first-order valence-corrected chi connectivity index (χ1v) is 7.63. The van der Waals surface area contributed by atoms with E-state index in [1.807, 2.05) is 4.90 Å². The van der Waals surface area contributed by atoms with Gasteiger partial charge in [-0.05, 0) is 37.6 Å². The van der Waals surface area contributed by atoms with Crippen molar-refractivity contribution in [2.75, 3.05) is 6.54 Å². The fraction of sp³-hybridized carbons (Fsp3) is 0.357. The van der Waals surface area contributed by atoms with Gasteiger partial charge in [-0.2, -0.15) is 0 Å². The minimum absolute atomic E-state index is 0.435. The molecule has 8 heteroatoms. The van der Waals surface area contributed by atoms with E-state index in [-0.39, 0.29) is 0 Å². The van der Waals surface area contributed by atoms with Crippen LogP contribution >= 0.6 is 23.2 Å². The van der Waals surface area contributed by atoms with Gasteiger partial charge >= 0.3 is 5.97 Å². The summed E-state index contributed by atoms with van der Waals surface area (Å²) in [7, 11) is 0. The highest BCUT2D eigenvalue weighted by Gasteiger charge is 2.30. The molecule has 0 bridgehead atoms. The van der Waals surface area contributed by atoms with Crippen LogP contribution in [-0.4, -0.2) is 43.6 Å². The number of aliphatic carboxylic acids is 1. The second-order valence-electron chi connectivity index (χ2n) is 5.22. The Hall–Kier alpha value is -1.63. The number of carboxylic acid groups (broad SMARTS) is 1. The molecule has 0 saturated carbocycles. The molecule has 1 aromatic heterocycles. The van der Waals surface area contributed by atoms with Crippen LogP contribution in [0.2, 0.25) is 10.0 Å². The van der Waals surface area contributed by atoms with Crippen molar-refractivity contribution in [1.82, 2.24) is 19.9 Å². The SMILES string of the molecule is O=C(O)[C@H]1CCCN1Cc1cn(-c2ccc(Cl)c(Cl)c2)nn1. The monoisotopic (exact) mass is 340 g/mol. The topological polar surface area (TPSA) is 71.2 Å². The van der Waals surface area contributed by atoms with Crippen LogP contribution in [0.1, 0.15) is 18.5 Å². The highest BCUT2D eigenvalue weighted by atomic mass is 35.5. The van der Waals surface area contributed by atoms with Gasteiger partial charge in [-0.3, -0.25) is 9.69 Å². The summed E-state index contributed by atoms with van der Waals surface area (Å²) in [5.74, 6) is -0.783. The van der Waals surface area contributed by atoms with Gasteiger partial charge < -0.3 is 5.11 Å². The van der Waals surface area contributed by atoms with Crippen molar-refractivity contribution in [1.29, 1.82) is 0 Å². The summed E-state index contributed by atoms with van der Waals surface area (Å²) in [4.78, 5) is 13.1. The second-order valence-corrected chi connectivity index (χ2v) is 6.03. The van der Waals surface area contributed by atoms with E-state index < -0.39 is 12.0 Å². The van der Waals surface area contributed by atoms with Gasteiger partial charge in [-0.15, -0.1) is 5.10 Å². The van der Waals surface area contributed by atoms with Crippen LogP contribution in [-0.2, 0) is 11.3 Å². The third-order valence-corrected chi connectivity index (χ3v) is 4.46. The molecule has 22 heavy (non-hydrogen) atoms. The van der Waals surface area contributed by atoms with Crippen LogP contribution in [0.15, 0.2) is 24.4 Å². The third kappa shape index (κ3) is 3.09. The summed E-state index contributed by atoms with van der Waals surface area (Å²) < 4.78 is 1.60. The van der Waals surface area contributed by atoms with Gasteiger partial charge in [0.2, 0.25) is 0 Å². The third-order valence-electron chi connectivity index (χ3n) is 3.72. The van der Waals surface area contributed by atoms with Crippen LogP contribution in [0.5, 0.6) is 0 Å². The zero-order chi connectivity index (χ0) is 15.7. The van der Waals surface area contributed by atoms with Gasteiger partial charge in [0.05, 0.1) is 27.6 Å². The van der Waals surface area contributed by atoms with Crippen LogP contribution < -0.4 is 0 Å². The number of nitrogens with zero attached hydrogens (tertiary/aromatic N) is 4. The maximum Gasteiger partial charge on any atom is 0.320 e. The van der Waals surface area contributed by atoms with E-state index in [4.69, 9.17) is 23.2 Å². The molecular weight excluding hydrogens is 327 g/mol. The standard InChI is InChI=1S/C14H14Cl2N4O2/c15-11-4-3-10(6-12(11)16)20-8-9(17-18-20)7-19-5-1-2-13(19)14(21)22/h3-4,6,8,13H,1-2,5,7H2,(H,21,22)/t13-/m1/s1. The molecule has 3 rings (SSSR count). The molecule has 0 spiro atoms. The lowest BCUT2D eigenvalue weighted by atomic mass is 10.2. The lowest BCUT2D eigenvalue weighted by Crippen LogP contribution is -2.35. The van der Waals surface area contributed by atoms with Crippen molar-refractivity contribution in [3.63, 3.8) is 0 Å². The largest absolute Gasteiger partial charge is 0.480 e. The summed E-state index contributed by atoms with van der Waals surface area (Å²) in [6.07, 6.45) is 3.34. The number of carboxylic acids is 1. The van der Waals surface area contributed by atoms with Crippen molar-refractivity contribution >= 4 is 29.2 Å². The van der Waals surface area contributed by atoms with Crippen LogP contribution in [0.4, 0.5) is 0 Å². The van der Waals surface area contributed by atoms with Gasteiger partial charge in [0.1, 0.15) is 6.04 Å². The molecule has 2 heterocycles. The Morgan fingerprint density at radius 1 is 1.36 bits per heavy atom. The first-order chi connectivity index (χ1) is 10.5. The number of benzene rings is 1. The predicted octanol–water partition coefficient (Wildman–Crippen LogP) is 2.62. The molecule has 1 atom stereocenters. The number of hydrogen-bond acceptors (Lipinski definition) is 4. The Balaban J connectivity index is 1.76. The molecule has 1 aliphatic heterocycles. The van der Waals surface area contributed by atoms with Gasteiger partial charge in [0.15, 0.2) is 0 Å². The second kappa shape index (κ2) is 6.24. The Kier molecular flexibility index (Phi) is 4.33. The Bertz CT molecular complexity index is 704. The van der Waals surface area contributed by atoms with E-state index in [1.165, 1.54) is 0 Å². The zero-order valence-corrected chi connectivity index (χ0v) is 13.1. The van der Waals surface area contributed by atoms with Gasteiger partial charge in [-0.1, -0.05) is 28.4 Å². The van der Waals surface area contributed by atoms with E-state index in [0.717, 1.165) is 24.3 Å². The number of aromatic nitrogens is 3. The highest BCUT2D eigenvalue weighted by molar-refractivity contribution is 6.42. The lowest BCUT2D eigenvalue weighted by molar-refractivity contribution is -0.142. The maximum absolute atomic E-state index is 11.2. The molecule has 1 N–H and O–H groups in total. The number of hydrogen-bond donors (Lipinski definition) is 1. The summed E-state index contributed by atoms with van der Waals surface area (Å²) in [5.41, 5.74) is 1.48. The molecule has 0 unspecified atom stereocenters. The molecule has 1 aromatic carbocycles. The molecule has 6 nitrogen and oxygen atoms in total. The normalized spacial score (nSPS) is 18.7. The average molecular weight is 341 g/mol. The van der Waals surface area contributed by atoms with Crippen molar-refractivity contribution in [3.8, 4) is 5.69 Å². The molecule has 0 aliphatic carbocycles. The Morgan fingerprint density at radius 2 is 2.18 bits per heavy atom. The average Bonchev–Trinajstić information content (AvgIpc) is 3.11. The number of rotatable bonds is 4. The molecule has 1 saturated heterocycles. The minimum atomic E-state index is -0.783. The van der Waals surface area contributed by atoms with E-state index in [9.17, 15) is 9.90 Å². The fourth-order valence-corrected chi connectivity index (χ4v) is 2.92. The van der Waals surface area contributed by atoms with Crippen molar-refractivity contribution in [2.24, 2.45) is 0 Å². The van der Waals surface area contributed by atoms with Crippen LogP contribution in [0, 0.1) is 0 Å². The zero-order valence-electron chi connectivity index (χ0n) is 11.6. The first-order valence-electron chi connectivity index (χ1n) is 6.88. The number of likely N-dealkylation sites (tertiary alicyclic amines) is 1. The summed E-state index contributed by atoms with van der Waals surface area (Å²) in [6.45, 7) is 1.23. The maximum atomic E-state index is 11.2. The van der Waals surface area contributed by atoms with Crippen LogP contribution in [0.25, 0.3) is 5.69 Å². The highest BCUT2D eigenvalue weighted by Crippen LogP contribution is 2.24. The van der Waals surface area contributed by atoms with Crippen molar-refractivity contribution in [3.05, 3.63) is 40.1 Å². The Morgan fingerprint density at radius 3 is 2.91 bits per heavy atom. The fourth-order valence-electron chi connectivity index (χ4n) is 2.63. The molecule has 1 aliphatic rings. The number of carbonyl (C=O) groups is 1. The van der Waals surface area contributed by atoms with Gasteiger partial charge in [0.25, 0.3) is 0 Å². The lowest BCUT2D eigenvalue weighted by Gasteiger charge is -2.19. The van der Waals surface area contributed by atoms with Crippen molar-refractivity contribution < 1.29 is 9.90 Å². The minimum Gasteiger partial charge on any atom is -0.480 e. The van der Waals surface area contributed by atoms with Crippen LogP contribution in [0.3, 0.4) is 0 Å².